The zero-order valence-corrected chi connectivity index (χ0v) is 17.4. The average molecular weight is 449 g/mol. The molecule has 3 aromatic rings. The van der Waals surface area contributed by atoms with Gasteiger partial charge in [0.15, 0.2) is 5.69 Å². The maximum absolute atomic E-state index is 14.4. The summed E-state index contributed by atoms with van der Waals surface area (Å²) in [6.45, 7) is 3.55. The van der Waals surface area contributed by atoms with Gasteiger partial charge >= 0.3 is 5.97 Å². The van der Waals surface area contributed by atoms with Crippen LogP contribution in [0.25, 0.3) is 11.1 Å². The second-order valence-corrected chi connectivity index (χ2v) is 7.69. The molecular formula is C20H19ClF2N6O2. The lowest BCUT2D eigenvalue weighted by Gasteiger charge is -2.32. The van der Waals surface area contributed by atoms with Crippen molar-refractivity contribution in [3.63, 3.8) is 0 Å². The summed E-state index contributed by atoms with van der Waals surface area (Å²) in [4.78, 5) is 24.8. The average Bonchev–Trinajstić information content (AvgIpc) is 3.15. The van der Waals surface area contributed by atoms with E-state index < -0.39 is 23.3 Å². The Morgan fingerprint density at radius 2 is 1.90 bits per heavy atom. The first-order valence-corrected chi connectivity index (χ1v) is 9.90. The molecule has 1 N–H and O–H groups in total. The molecule has 1 aromatic carbocycles. The standard InChI is InChI=1S/C20H19ClF2N6O2/c1-27-4-6-28(7-5-27)20-24-3-2-12(25-20)10-29-11-14(18(26-29)19(30)31)13-8-17(23)15(21)9-16(13)22/h2-3,8-9,11H,4-7,10H2,1H3,(H,30,31). The van der Waals surface area contributed by atoms with E-state index in [0.29, 0.717) is 11.6 Å². The summed E-state index contributed by atoms with van der Waals surface area (Å²) < 4.78 is 29.6. The molecule has 0 aliphatic carbocycles. The fourth-order valence-electron chi connectivity index (χ4n) is 3.38. The molecule has 31 heavy (non-hydrogen) atoms. The zero-order valence-electron chi connectivity index (χ0n) is 16.6. The van der Waals surface area contributed by atoms with Crippen molar-refractivity contribution in [3.8, 4) is 11.1 Å². The number of aromatic carboxylic acids is 1. The highest BCUT2D eigenvalue weighted by molar-refractivity contribution is 6.30. The van der Waals surface area contributed by atoms with E-state index in [-0.39, 0.29) is 22.7 Å². The van der Waals surface area contributed by atoms with E-state index in [1.165, 1.54) is 10.9 Å². The van der Waals surface area contributed by atoms with Crippen LogP contribution in [0.1, 0.15) is 16.2 Å². The van der Waals surface area contributed by atoms with Crippen LogP contribution in [0.5, 0.6) is 0 Å². The largest absolute Gasteiger partial charge is 0.476 e. The van der Waals surface area contributed by atoms with Gasteiger partial charge in [0.1, 0.15) is 11.6 Å². The van der Waals surface area contributed by atoms with Crippen molar-refractivity contribution < 1.29 is 18.7 Å². The molecule has 0 radical (unpaired) electrons. The van der Waals surface area contributed by atoms with Gasteiger partial charge in [-0.2, -0.15) is 5.10 Å². The smallest absolute Gasteiger partial charge is 0.357 e. The third-order valence-corrected chi connectivity index (χ3v) is 5.36. The molecule has 0 amide bonds. The van der Waals surface area contributed by atoms with Crippen LogP contribution in [0, 0.1) is 11.6 Å². The molecule has 0 atom stereocenters. The van der Waals surface area contributed by atoms with Crippen LogP contribution >= 0.6 is 11.6 Å². The molecule has 2 aromatic heterocycles. The molecule has 0 bridgehead atoms. The number of carbonyl (C=O) groups is 1. The first-order chi connectivity index (χ1) is 14.8. The lowest BCUT2D eigenvalue weighted by Crippen LogP contribution is -2.45. The number of halogens is 3. The molecule has 0 unspecified atom stereocenters. The molecule has 1 aliphatic rings. The molecule has 4 rings (SSSR count). The van der Waals surface area contributed by atoms with Crippen molar-refractivity contribution >= 4 is 23.5 Å². The number of likely N-dealkylation sites (N-methyl/N-ethyl adjacent to an activating group) is 1. The van der Waals surface area contributed by atoms with Crippen LogP contribution < -0.4 is 4.90 Å². The van der Waals surface area contributed by atoms with Gasteiger partial charge in [0.25, 0.3) is 0 Å². The number of aromatic nitrogens is 4. The van der Waals surface area contributed by atoms with E-state index >= 15 is 0 Å². The van der Waals surface area contributed by atoms with E-state index in [9.17, 15) is 18.7 Å². The van der Waals surface area contributed by atoms with E-state index in [2.05, 4.69) is 31.9 Å². The van der Waals surface area contributed by atoms with Crippen LogP contribution in [0.3, 0.4) is 0 Å². The van der Waals surface area contributed by atoms with E-state index in [1.54, 1.807) is 12.3 Å². The van der Waals surface area contributed by atoms with Crippen molar-refractivity contribution in [1.29, 1.82) is 0 Å². The number of anilines is 1. The van der Waals surface area contributed by atoms with Gasteiger partial charge in [0.2, 0.25) is 5.95 Å². The van der Waals surface area contributed by atoms with Gasteiger partial charge in [0.05, 0.1) is 17.3 Å². The number of piperazine rings is 1. The number of hydrogen-bond acceptors (Lipinski definition) is 6. The first kappa shape index (κ1) is 21.1. The van der Waals surface area contributed by atoms with Crippen molar-refractivity contribution in [1.82, 2.24) is 24.6 Å². The topological polar surface area (TPSA) is 87.4 Å². The molecule has 162 valence electrons. The molecule has 1 saturated heterocycles. The lowest BCUT2D eigenvalue weighted by molar-refractivity contribution is 0.0690. The van der Waals surface area contributed by atoms with Gasteiger partial charge in [-0.15, -0.1) is 0 Å². The van der Waals surface area contributed by atoms with Gasteiger partial charge in [-0.3, -0.25) is 4.68 Å². The second kappa shape index (κ2) is 8.56. The Morgan fingerprint density at radius 1 is 1.16 bits per heavy atom. The quantitative estimate of drug-likeness (QED) is 0.600. The number of benzene rings is 1. The van der Waals surface area contributed by atoms with E-state index in [1.807, 2.05) is 0 Å². The second-order valence-electron chi connectivity index (χ2n) is 7.28. The van der Waals surface area contributed by atoms with Crippen LogP contribution in [-0.4, -0.2) is 69.0 Å². The summed E-state index contributed by atoms with van der Waals surface area (Å²) in [7, 11) is 2.05. The van der Waals surface area contributed by atoms with E-state index in [4.69, 9.17) is 11.6 Å². The monoisotopic (exact) mass is 448 g/mol. The minimum absolute atomic E-state index is 0.0473. The molecule has 0 saturated carbocycles. The number of hydrogen-bond donors (Lipinski definition) is 1. The first-order valence-electron chi connectivity index (χ1n) is 9.53. The number of carboxylic acid groups (broad SMARTS) is 1. The minimum atomic E-state index is -1.36. The van der Waals surface area contributed by atoms with Gasteiger partial charge in [-0.05, 0) is 25.2 Å². The molecule has 0 spiro atoms. The summed E-state index contributed by atoms with van der Waals surface area (Å²) >= 11 is 5.60. The van der Waals surface area contributed by atoms with Gasteiger partial charge in [-0.25, -0.2) is 23.5 Å². The molecule has 1 fully saturated rings. The van der Waals surface area contributed by atoms with Crippen LogP contribution in [0.2, 0.25) is 5.02 Å². The Morgan fingerprint density at radius 3 is 2.61 bits per heavy atom. The Balaban J connectivity index is 1.63. The predicted molar refractivity (Wildman–Crippen MR) is 110 cm³/mol. The van der Waals surface area contributed by atoms with Crippen molar-refractivity contribution in [2.75, 3.05) is 38.1 Å². The summed E-state index contributed by atoms with van der Waals surface area (Å²) in [6, 6.07) is 3.37. The van der Waals surface area contributed by atoms with Gasteiger partial charge in [0, 0.05) is 49.7 Å². The van der Waals surface area contributed by atoms with Crippen molar-refractivity contribution in [2.24, 2.45) is 0 Å². The van der Waals surface area contributed by atoms with Crippen LogP contribution in [0.15, 0.2) is 30.6 Å². The maximum atomic E-state index is 14.4. The summed E-state index contributed by atoms with van der Waals surface area (Å²) in [5.74, 6) is -2.46. The molecule has 11 heteroatoms. The lowest BCUT2D eigenvalue weighted by atomic mass is 10.1. The SMILES string of the molecule is CN1CCN(c2nccc(Cn3cc(-c4cc(F)c(Cl)cc4F)c(C(=O)O)n3)n2)CC1. The molecule has 3 heterocycles. The summed E-state index contributed by atoms with van der Waals surface area (Å²) in [6.07, 6.45) is 2.99. The van der Waals surface area contributed by atoms with E-state index in [0.717, 1.165) is 38.3 Å². The molecule has 8 nitrogen and oxygen atoms in total. The fraction of sp³-hybridized carbons (Fsp3) is 0.300. The normalized spacial score (nSPS) is 14.8. The Labute approximate surface area is 181 Å². The highest BCUT2D eigenvalue weighted by Crippen LogP contribution is 2.30. The van der Waals surface area contributed by atoms with Crippen molar-refractivity contribution in [2.45, 2.75) is 6.54 Å². The predicted octanol–water partition coefficient (Wildman–Crippen LogP) is 2.77. The third-order valence-electron chi connectivity index (χ3n) is 5.08. The number of rotatable bonds is 5. The number of nitrogens with zero attached hydrogens (tertiary/aromatic N) is 6. The third kappa shape index (κ3) is 4.49. The molecule has 1 aliphatic heterocycles. The van der Waals surface area contributed by atoms with Crippen LogP contribution in [0.4, 0.5) is 14.7 Å². The van der Waals surface area contributed by atoms with Crippen LogP contribution in [-0.2, 0) is 6.54 Å². The Kier molecular flexibility index (Phi) is 5.84. The Bertz CT molecular complexity index is 1130. The highest BCUT2D eigenvalue weighted by Gasteiger charge is 2.22. The maximum Gasteiger partial charge on any atom is 0.357 e. The summed E-state index contributed by atoms with van der Waals surface area (Å²) in [5.41, 5.74) is -0.0630. The highest BCUT2D eigenvalue weighted by atomic mass is 35.5. The van der Waals surface area contributed by atoms with Gasteiger partial charge in [-0.1, -0.05) is 11.6 Å². The van der Waals surface area contributed by atoms with Crippen molar-refractivity contribution in [3.05, 3.63) is 58.6 Å². The van der Waals surface area contributed by atoms with Gasteiger partial charge < -0.3 is 14.9 Å². The Hall–Kier alpha value is -3.11. The minimum Gasteiger partial charge on any atom is -0.476 e. The zero-order chi connectivity index (χ0) is 22.1. The number of carboxylic acids is 1. The fourth-order valence-corrected chi connectivity index (χ4v) is 3.53. The molecular weight excluding hydrogens is 430 g/mol. The summed E-state index contributed by atoms with van der Waals surface area (Å²) in [5, 5.41) is 13.2.